The Morgan fingerprint density at radius 3 is 2.56 bits per heavy atom. The molecule has 34 heavy (non-hydrogen) atoms. The standard InChI is InChI=1S/C27H35N3O4/c1-19-15-29(16-20-8-6-5-7-9-20)22(18-30(19)26(33)34-27(2,3)4)12-13-28-17-21-14-23(31)10-11-24(21)25(28)32/h5-11,14,19,22,31H,12-13,15-18H2,1-4H3. The second-order valence-corrected chi connectivity index (χ2v) is 10.4. The summed E-state index contributed by atoms with van der Waals surface area (Å²) in [7, 11) is 0. The highest BCUT2D eigenvalue weighted by Gasteiger charge is 2.37. The number of aromatic hydroxyl groups is 1. The molecule has 2 heterocycles. The fourth-order valence-electron chi connectivity index (χ4n) is 4.82. The van der Waals surface area contributed by atoms with Gasteiger partial charge in [0.15, 0.2) is 0 Å². The maximum absolute atomic E-state index is 12.9. The molecule has 4 rings (SSSR count). The van der Waals surface area contributed by atoms with Crippen molar-refractivity contribution in [1.29, 1.82) is 0 Å². The van der Waals surface area contributed by atoms with Crippen LogP contribution in [0.3, 0.4) is 0 Å². The normalized spacial score (nSPS) is 21.0. The molecule has 0 saturated carbocycles. The lowest BCUT2D eigenvalue weighted by atomic mass is 10.0. The Bertz CT molecular complexity index is 1030. The zero-order chi connectivity index (χ0) is 24.5. The van der Waals surface area contributed by atoms with Crippen LogP contribution in [-0.4, -0.2) is 69.1 Å². The van der Waals surface area contributed by atoms with Crippen LogP contribution in [0.1, 0.15) is 55.6 Å². The van der Waals surface area contributed by atoms with E-state index in [1.165, 1.54) is 5.56 Å². The summed E-state index contributed by atoms with van der Waals surface area (Å²) in [4.78, 5) is 31.9. The molecule has 0 bridgehead atoms. The molecule has 0 aliphatic carbocycles. The minimum Gasteiger partial charge on any atom is -0.508 e. The highest BCUT2D eigenvalue weighted by molar-refractivity contribution is 5.98. The number of hydrogen-bond acceptors (Lipinski definition) is 5. The van der Waals surface area contributed by atoms with Crippen LogP contribution in [0.25, 0.3) is 0 Å². The Morgan fingerprint density at radius 2 is 1.85 bits per heavy atom. The molecular formula is C27H35N3O4. The monoisotopic (exact) mass is 465 g/mol. The molecule has 2 unspecified atom stereocenters. The molecule has 0 aromatic heterocycles. The average Bonchev–Trinajstić information content (AvgIpc) is 3.07. The number of ether oxygens (including phenoxy) is 1. The van der Waals surface area contributed by atoms with Crippen molar-refractivity contribution in [2.75, 3.05) is 19.6 Å². The first-order valence-corrected chi connectivity index (χ1v) is 12.0. The summed E-state index contributed by atoms with van der Waals surface area (Å²) in [5.41, 5.74) is 2.20. The van der Waals surface area contributed by atoms with Crippen molar-refractivity contribution in [2.24, 2.45) is 0 Å². The van der Waals surface area contributed by atoms with Crippen molar-refractivity contribution in [1.82, 2.24) is 14.7 Å². The van der Waals surface area contributed by atoms with Crippen molar-refractivity contribution in [2.45, 2.75) is 64.9 Å². The Labute approximate surface area is 201 Å². The predicted octanol–water partition coefficient (Wildman–Crippen LogP) is 4.25. The van der Waals surface area contributed by atoms with Crippen LogP contribution in [0.15, 0.2) is 48.5 Å². The van der Waals surface area contributed by atoms with E-state index in [-0.39, 0.29) is 29.8 Å². The molecule has 0 spiro atoms. The molecule has 1 N–H and O–H groups in total. The van der Waals surface area contributed by atoms with Crippen LogP contribution in [0.5, 0.6) is 5.75 Å². The number of fused-ring (bicyclic) bond motifs is 1. The summed E-state index contributed by atoms with van der Waals surface area (Å²) in [5.74, 6) is 0.175. The van der Waals surface area contributed by atoms with Gasteiger partial charge in [-0.1, -0.05) is 30.3 Å². The molecule has 2 aromatic carbocycles. The summed E-state index contributed by atoms with van der Waals surface area (Å²) in [6.07, 6.45) is 0.453. The van der Waals surface area contributed by atoms with Gasteiger partial charge in [0, 0.05) is 50.4 Å². The molecule has 2 aliphatic rings. The molecule has 7 heteroatoms. The Hall–Kier alpha value is -3.06. The highest BCUT2D eigenvalue weighted by atomic mass is 16.6. The lowest BCUT2D eigenvalue weighted by molar-refractivity contribution is -0.0170. The minimum atomic E-state index is -0.549. The van der Waals surface area contributed by atoms with Crippen LogP contribution in [-0.2, 0) is 17.8 Å². The van der Waals surface area contributed by atoms with Crippen molar-refractivity contribution >= 4 is 12.0 Å². The quantitative estimate of drug-likeness (QED) is 0.715. The van der Waals surface area contributed by atoms with E-state index in [1.807, 2.05) is 48.8 Å². The summed E-state index contributed by atoms with van der Waals surface area (Å²) < 4.78 is 5.68. The Morgan fingerprint density at radius 1 is 1.12 bits per heavy atom. The van der Waals surface area contributed by atoms with Gasteiger partial charge in [-0.05, 0) is 63.4 Å². The summed E-state index contributed by atoms with van der Waals surface area (Å²) in [5, 5.41) is 9.78. The lowest BCUT2D eigenvalue weighted by Crippen LogP contribution is -2.59. The summed E-state index contributed by atoms with van der Waals surface area (Å²) in [6.45, 7) is 10.9. The third-order valence-electron chi connectivity index (χ3n) is 6.51. The molecule has 1 saturated heterocycles. The van der Waals surface area contributed by atoms with Crippen LogP contribution in [0, 0.1) is 0 Å². The fourth-order valence-corrected chi connectivity index (χ4v) is 4.82. The smallest absolute Gasteiger partial charge is 0.410 e. The van der Waals surface area contributed by atoms with Gasteiger partial charge in [-0.2, -0.15) is 0 Å². The number of amides is 2. The van der Waals surface area contributed by atoms with E-state index in [4.69, 9.17) is 4.74 Å². The third kappa shape index (κ3) is 5.53. The first-order valence-electron chi connectivity index (χ1n) is 12.0. The van der Waals surface area contributed by atoms with Gasteiger partial charge in [0.25, 0.3) is 5.91 Å². The lowest BCUT2D eigenvalue weighted by Gasteiger charge is -2.45. The van der Waals surface area contributed by atoms with Crippen LogP contribution < -0.4 is 0 Å². The largest absolute Gasteiger partial charge is 0.508 e. The maximum atomic E-state index is 12.9. The van der Waals surface area contributed by atoms with E-state index in [0.717, 1.165) is 25.1 Å². The number of hydrogen-bond donors (Lipinski definition) is 1. The Balaban J connectivity index is 1.48. The zero-order valence-corrected chi connectivity index (χ0v) is 20.5. The van der Waals surface area contributed by atoms with Crippen molar-refractivity contribution in [3.63, 3.8) is 0 Å². The van der Waals surface area contributed by atoms with E-state index in [9.17, 15) is 14.7 Å². The van der Waals surface area contributed by atoms with Crippen LogP contribution >= 0.6 is 0 Å². The second-order valence-electron chi connectivity index (χ2n) is 10.4. The molecule has 2 aromatic rings. The number of piperazine rings is 1. The predicted molar refractivity (Wildman–Crippen MR) is 131 cm³/mol. The van der Waals surface area contributed by atoms with E-state index in [2.05, 4.69) is 24.0 Å². The van der Waals surface area contributed by atoms with Crippen LogP contribution in [0.2, 0.25) is 0 Å². The van der Waals surface area contributed by atoms with E-state index >= 15 is 0 Å². The number of phenols is 1. The highest BCUT2D eigenvalue weighted by Crippen LogP contribution is 2.28. The first kappa shape index (κ1) is 24.1. The number of phenolic OH excluding ortho intramolecular Hbond substituents is 1. The zero-order valence-electron chi connectivity index (χ0n) is 20.5. The van der Waals surface area contributed by atoms with E-state index in [1.54, 1.807) is 18.2 Å². The number of carbonyl (C=O) groups excluding carboxylic acids is 2. The number of carbonyl (C=O) groups is 2. The molecule has 182 valence electrons. The van der Waals surface area contributed by atoms with Crippen LogP contribution in [0.4, 0.5) is 4.79 Å². The van der Waals surface area contributed by atoms with Gasteiger partial charge in [0.05, 0.1) is 0 Å². The SMILES string of the molecule is CC1CN(Cc2ccccc2)C(CCN2Cc3cc(O)ccc3C2=O)CN1C(=O)OC(C)(C)C. The van der Waals surface area contributed by atoms with Gasteiger partial charge in [-0.25, -0.2) is 4.79 Å². The second kappa shape index (κ2) is 9.66. The van der Waals surface area contributed by atoms with E-state index in [0.29, 0.717) is 25.2 Å². The average molecular weight is 466 g/mol. The molecule has 2 aliphatic heterocycles. The Kier molecular flexibility index (Phi) is 6.84. The molecule has 0 radical (unpaired) electrons. The first-order chi connectivity index (χ1) is 16.1. The van der Waals surface area contributed by atoms with Gasteiger partial charge in [0.1, 0.15) is 11.4 Å². The number of benzene rings is 2. The molecule has 7 nitrogen and oxygen atoms in total. The van der Waals surface area contributed by atoms with Gasteiger partial charge in [0.2, 0.25) is 0 Å². The maximum Gasteiger partial charge on any atom is 0.410 e. The molecule has 2 atom stereocenters. The fraction of sp³-hybridized carbons (Fsp3) is 0.481. The van der Waals surface area contributed by atoms with Gasteiger partial charge in [-0.15, -0.1) is 0 Å². The van der Waals surface area contributed by atoms with E-state index < -0.39 is 5.60 Å². The van der Waals surface area contributed by atoms with Gasteiger partial charge < -0.3 is 19.6 Å². The molecular weight excluding hydrogens is 430 g/mol. The van der Waals surface area contributed by atoms with Gasteiger partial charge in [-0.3, -0.25) is 9.69 Å². The topological polar surface area (TPSA) is 73.3 Å². The van der Waals surface area contributed by atoms with Crippen molar-refractivity contribution in [3.05, 3.63) is 65.2 Å². The van der Waals surface area contributed by atoms with Crippen molar-refractivity contribution < 1.29 is 19.4 Å². The summed E-state index contributed by atoms with van der Waals surface area (Å²) >= 11 is 0. The third-order valence-corrected chi connectivity index (χ3v) is 6.51. The number of nitrogens with zero attached hydrogens (tertiary/aromatic N) is 3. The van der Waals surface area contributed by atoms with Crippen molar-refractivity contribution in [3.8, 4) is 5.75 Å². The molecule has 2 amide bonds. The minimum absolute atomic E-state index is 0.00205. The van der Waals surface area contributed by atoms with Gasteiger partial charge >= 0.3 is 6.09 Å². The summed E-state index contributed by atoms with van der Waals surface area (Å²) in [6, 6.07) is 15.4. The molecule has 1 fully saturated rings. The number of rotatable bonds is 5.